The second-order valence-corrected chi connectivity index (χ2v) is 8.47. The van der Waals surface area contributed by atoms with Crippen molar-refractivity contribution in [3.63, 3.8) is 0 Å². The molecule has 5 nitrogen and oxygen atoms in total. The molecule has 1 amide bonds. The smallest absolute Gasteiger partial charge is 0.286 e. The van der Waals surface area contributed by atoms with Gasteiger partial charge in [-0.2, -0.15) is 4.99 Å². The van der Waals surface area contributed by atoms with E-state index in [-0.39, 0.29) is 11.1 Å². The van der Waals surface area contributed by atoms with Crippen LogP contribution in [0.3, 0.4) is 0 Å². The quantitative estimate of drug-likeness (QED) is 0.468. The zero-order valence-corrected chi connectivity index (χ0v) is 18.6. The Morgan fingerprint density at radius 1 is 1.13 bits per heavy atom. The summed E-state index contributed by atoms with van der Waals surface area (Å²) in [4.78, 5) is 16.1. The summed E-state index contributed by atoms with van der Waals surface area (Å²) in [6, 6.07) is 18.1. The number of fused-ring (bicyclic) bond motifs is 1. The lowest BCUT2D eigenvalue weighted by Gasteiger charge is -2.15. The van der Waals surface area contributed by atoms with E-state index in [1.165, 1.54) is 5.39 Å². The van der Waals surface area contributed by atoms with Crippen LogP contribution in [0.15, 0.2) is 69.0 Å². The molecule has 0 unspecified atom stereocenters. The number of amides is 1. The summed E-state index contributed by atoms with van der Waals surface area (Å²) in [5.41, 5.74) is 7.52. The Morgan fingerprint density at radius 2 is 1.93 bits per heavy atom. The van der Waals surface area contributed by atoms with Gasteiger partial charge in [0.1, 0.15) is 6.61 Å². The van der Waals surface area contributed by atoms with Gasteiger partial charge in [0.05, 0.1) is 16.0 Å². The van der Waals surface area contributed by atoms with Crippen LogP contribution in [0.1, 0.15) is 18.1 Å². The Morgan fingerprint density at radius 3 is 2.70 bits per heavy atom. The van der Waals surface area contributed by atoms with Crippen LogP contribution in [-0.4, -0.2) is 17.7 Å². The molecule has 152 valence electrons. The van der Waals surface area contributed by atoms with E-state index in [1.807, 2.05) is 37.3 Å². The summed E-state index contributed by atoms with van der Waals surface area (Å²) < 4.78 is 12.7. The molecule has 0 saturated heterocycles. The van der Waals surface area contributed by atoms with Crippen LogP contribution in [0.4, 0.5) is 0 Å². The molecule has 3 aromatic rings. The van der Waals surface area contributed by atoms with Gasteiger partial charge in [0.15, 0.2) is 16.7 Å². The number of carbonyl (C=O) groups is 1. The van der Waals surface area contributed by atoms with E-state index < -0.39 is 0 Å². The fourth-order valence-corrected chi connectivity index (χ4v) is 4.48. The summed E-state index contributed by atoms with van der Waals surface area (Å²) >= 11 is 4.75. The van der Waals surface area contributed by atoms with Crippen molar-refractivity contribution in [3.05, 3.63) is 75.1 Å². The fraction of sp³-hybridized carbons (Fsp3) is 0.130. The highest BCUT2D eigenvalue weighted by Gasteiger charge is 2.20. The van der Waals surface area contributed by atoms with Crippen LogP contribution >= 0.6 is 27.7 Å². The molecule has 0 aromatic heterocycles. The molecule has 0 atom stereocenters. The highest BCUT2D eigenvalue weighted by Crippen LogP contribution is 2.39. The first-order valence-corrected chi connectivity index (χ1v) is 11.0. The Kier molecular flexibility index (Phi) is 6.11. The summed E-state index contributed by atoms with van der Waals surface area (Å²) in [5.74, 6) is 0.888. The standard InChI is InChI=1S/C23H19BrN2O3S/c1-2-28-19-11-14(12-20-22(27)26-23(25)30-20)10-18(24)21(19)29-13-16-8-5-7-15-6-3-4-9-17(15)16/h3-12H,2,13H2,1H3,(H2,25,26,27)/b20-12-. The number of aliphatic imine (C=N–C) groups is 1. The van der Waals surface area contributed by atoms with Crippen molar-refractivity contribution in [2.45, 2.75) is 13.5 Å². The number of ether oxygens (including phenoxy) is 2. The third-order valence-electron chi connectivity index (χ3n) is 4.52. The molecule has 30 heavy (non-hydrogen) atoms. The lowest BCUT2D eigenvalue weighted by atomic mass is 10.1. The van der Waals surface area contributed by atoms with Gasteiger partial charge in [-0.1, -0.05) is 42.5 Å². The first-order valence-electron chi connectivity index (χ1n) is 9.39. The van der Waals surface area contributed by atoms with Crippen molar-refractivity contribution in [2.75, 3.05) is 6.61 Å². The maximum atomic E-state index is 11.9. The van der Waals surface area contributed by atoms with Crippen molar-refractivity contribution in [3.8, 4) is 11.5 Å². The predicted molar refractivity (Wildman–Crippen MR) is 126 cm³/mol. The molecule has 2 N–H and O–H groups in total. The SMILES string of the molecule is CCOc1cc(/C=C2\SC(N)=NC2=O)cc(Br)c1OCc1cccc2ccccc12. The Bertz CT molecular complexity index is 1190. The zero-order valence-electron chi connectivity index (χ0n) is 16.2. The first kappa shape index (κ1) is 20.5. The van der Waals surface area contributed by atoms with E-state index in [0.29, 0.717) is 29.6 Å². The maximum absolute atomic E-state index is 11.9. The first-order chi connectivity index (χ1) is 14.5. The fourth-order valence-electron chi connectivity index (χ4n) is 3.22. The average molecular weight is 483 g/mol. The molecule has 7 heteroatoms. The number of hydrogen-bond acceptors (Lipinski definition) is 5. The molecule has 3 aromatic carbocycles. The van der Waals surface area contributed by atoms with Crippen molar-refractivity contribution in [1.29, 1.82) is 0 Å². The van der Waals surface area contributed by atoms with Crippen LogP contribution < -0.4 is 15.2 Å². The Balaban J connectivity index is 1.63. The molecule has 0 bridgehead atoms. The van der Waals surface area contributed by atoms with Crippen LogP contribution in [0, 0.1) is 0 Å². The van der Waals surface area contributed by atoms with E-state index in [2.05, 4.69) is 45.2 Å². The number of nitrogens with zero attached hydrogens (tertiary/aromatic N) is 1. The van der Waals surface area contributed by atoms with Crippen molar-refractivity contribution >= 4 is 55.6 Å². The van der Waals surface area contributed by atoms with Gasteiger partial charge in [0.2, 0.25) is 0 Å². The minimum atomic E-state index is -0.331. The molecular weight excluding hydrogens is 464 g/mol. The third kappa shape index (κ3) is 4.37. The Hall–Kier alpha value is -2.77. The molecule has 0 radical (unpaired) electrons. The van der Waals surface area contributed by atoms with Crippen LogP contribution in [-0.2, 0) is 11.4 Å². The highest BCUT2D eigenvalue weighted by atomic mass is 79.9. The number of halogens is 1. The molecule has 0 aliphatic carbocycles. The number of carbonyl (C=O) groups excluding carboxylic acids is 1. The molecule has 0 spiro atoms. The molecular formula is C23H19BrN2O3S. The largest absolute Gasteiger partial charge is 0.490 e. The molecule has 0 saturated carbocycles. The average Bonchev–Trinajstić information content (AvgIpc) is 3.04. The summed E-state index contributed by atoms with van der Waals surface area (Å²) in [7, 11) is 0. The Labute approximate surface area is 187 Å². The van der Waals surface area contributed by atoms with E-state index in [1.54, 1.807) is 6.08 Å². The summed E-state index contributed by atoms with van der Waals surface area (Å²) in [6.45, 7) is 2.80. The maximum Gasteiger partial charge on any atom is 0.286 e. The highest BCUT2D eigenvalue weighted by molar-refractivity contribution is 9.10. The second kappa shape index (κ2) is 8.93. The van der Waals surface area contributed by atoms with Crippen LogP contribution in [0.5, 0.6) is 11.5 Å². The number of hydrogen-bond donors (Lipinski definition) is 1. The number of thioether (sulfide) groups is 1. The lowest BCUT2D eigenvalue weighted by Crippen LogP contribution is -2.02. The zero-order chi connectivity index (χ0) is 21.1. The van der Waals surface area contributed by atoms with Crippen LogP contribution in [0.2, 0.25) is 0 Å². The molecule has 0 fully saturated rings. The van der Waals surface area contributed by atoms with Gasteiger partial charge in [-0.15, -0.1) is 0 Å². The number of rotatable bonds is 6. The van der Waals surface area contributed by atoms with Gasteiger partial charge in [-0.05, 0) is 74.7 Å². The van der Waals surface area contributed by atoms with Crippen molar-refractivity contribution in [1.82, 2.24) is 0 Å². The number of amidine groups is 1. The normalized spacial score (nSPS) is 14.9. The molecule has 1 aliphatic heterocycles. The van der Waals surface area contributed by atoms with Gasteiger partial charge in [-0.3, -0.25) is 4.79 Å². The molecule has 1 aliphatic rings. The van der Waals surface area contributed by atoms with Gasteiger partial charge in [0, 0.05) is 0 Å². The predicted octanol–water partition coefficient (Wildman–Crippen LogP) is 5.51. The lowest BCUT2D eigenvalue weighted by molar-refractivity contribution is -0.113. The van der Waals surface area contributed by atoms with E-state index in [4.69, 9.17) is 15.2 Å². The third-order valence-corrected chi connectivity index (χ3v) is 5.92. The summed E-state index contributed by atoms with van der Waals surface area (Å²) in [6.07, 6.45) is 1.75. The molecule has 4 rings (SSSR count). The van der Waals surface area contributed by atoms with Crippen molar-refractivity contribution < 1.29 is 14.3 Å². The van der Waals surface area contributed by atoms with E-state index >= 15 is 0 Å². The van der Waals surface area contributed by atoms with Crippen molar-refractivity contribution in [2.24, 2.45) is 10.7 Å². The van der Waals surface area contributed by atoms with Gasteiger partial charge < -0.3 is 15.2 Å². The summed E-state index contributed by atoms with van der Waals surface area (Å²) in [5, 5.41) is 2.58. The second-order valence-electron chi connectivity index (χ2n) is 6.56. The van der Waals surface area contributed by atoms with Gasteiger partial charge in [-0.25, -0.2) is 0 Å². The minimum absolute atomic E-state index is 0.255. The monoisotopic (exact) mass is 482 g/mol. The van der Waals surface area contributed by atoms with Gasteiger partial charge >= 0.3 is 0 Å². The number of nitrogens with two attached hydrogens (primary N) is 1. The number of benzene rings is 3. The van der Waals surface area contributed by atoms with Gasteiger partial charge in [0.25, 0.3) is 5.91 Å². The minimum Gasteiger partial charge on any atom is -0.490 e. The van der Waals surface area contributed by atoms with E-state index in [9.17, 15) is 4.79 Å². The van der Waals surface area contributed by atoms with E-state index in [0.717, 1.165) is 32.7 Å². The molecule has 1 heterocycles. The topological polar surface area (TPSA) is 73.9 Å². The van der Waals surface area contributed by atoms with Crippen LogP contribution in [0.25, 0.3) is 16.8 Å².